The van der Waals surface area contributed by atoms with Gasteiger partial charge in [0.05, 0.1) is 7.11 Å². The monoisotopic (exact) mass is 444 g/mol. The van der Waals surface area contributed by atoms with Gasteiger partial charge in [-0.2, -0.15) is 0 Å². The number of hydrogen-bond donors (Lipinski definition) is 2. The zero-order valence-corrected chi connectivity index (χ0v) is 17.0. The summed E-state index contributed by atoms with van der Waals surface area (Å²) in [6.45, 7) is 4.22. The lowest BCUT2D eigenvalue weighted by molar-refractivity contribution is 0.415. The van der Waals surface area contributed by atoms with Crippen molar-refractivity contribution in [2.24, 2.45) is 16.8 Å². The summed E-state index contributed by atoms with van der Waals surface area (Å²) in [5, 5.41) is 6.90. The molecule has 24 heavy (non-hydrogen) atoms. The number of ether oxygens (including phenoxy) is 1. The molecule has 1 heterocycles. The average molecular weight is 444 g/mol. The lowest BCUT2D eigenvalue weighted by Gasteiger charge is -2.20. The van der Waals surface area contributed by atoms with Crippen LogP contribution >= 0.6 is 24.0 Å². The minimum atomic E-state index is 0. The van der Waals surface area contributed by atoms with E-state index in [4.69, 9.17) is 4.74 Å². The van der Waals surface area contributed by atoms with Gasteiger partial charge in [-0.05, 0) is 43.2 Å². The van der Waals surface area contributed by atoms with Gasteiger partial charge in [0.1, 0.15) is 5.75 Å². The molecule has 1 aromatic carbocycles. The molecule has 1 aliphatic carbocycles. The van der Waals surface area contributed by atoms with Crippen LogP contribution in [-0.2, 0) is 0 Å². The lowest BCUT2D eigenvalue weighted by Crippen LogP contribution is -2.41. The van der Waals surface area contributed by atoms with E-state index in [1.54, 1.807) is 7.11 Å². The summed E-state index contributed by atoms with van der Waals surface area (Å²) in [6.07, 6.45) is 3.94. The largest absolute Gasteiger partial charge is 0.497 e. The quantitative estimate of drug-likeness (QED) is 0.403. The van der Waals surface area contributed by atoms with Crippen LogP contribution in [0.3, 0.4) is 0 Å². The second-order valence-corrected chi connectivity index (χ2v) is 6.58. The van der Waals surface area contributed by atoms with E-state index in [0.29, 0.717) is 5.92 Å². The summed E-state index contributed by atoms with van der Waals surface area (Å²) in [6, 6.07) is 8.33. The minimum Gasteiger partial charge on any atom is -0.497 e. The van der Waals surface area contributed by atoms with Crippen molar-refractivity contribution >= 4 is 35.6 Å². The van der Waals surface area contributed by atoms with Crippen LogP contribution in [0.2, 0.25) is 0 Å². The van der Waals surface area contributed by atoms with Gasteiger partial charge in [-0.1, -0.05) is 6.07 Å². The van der Waals surface area contributed by atoms with E-state index in [1.807, 2.05) is 13.1 Å². The fourth-order valence-corrected chi connectivity index (χ4v) is 3.07. The van der Waals surface area contributed by atoms with Crippen molar-refractivity contribution in [2.75, 3.05) is 45.2 Å². The predicted molar refractivity (Wildman–Crippen MR) is 111 cm³/mol. The summed E-state index contributed by atoms with van der Waals surface area (Å²) < 4.78 is 5.32. The number of benzene rings is 1. The van der Waals surface area contributed by atoms with Crippen molar-refractivity contribution in [1.29, 1.82) is 0 Å². The lowest BCUT2D eigenvalue weighted by atomic mass is 10.1. The number of nitrogens with one attached hydrogen (secondary N) is 2. The highest BCUT2D eigenvalue weighted by Gasteiger charge is 2.24. The second-order valence-electron chi connectivity index (χ2n) is 6.58. The normalized spacial score (nSPS) is 20.5. The van der Waals surface area contributed by atoms with E-state index in [-0.39, 0.29) is 24.0 Å². The van der Waals surface area contributed by atoms with Gasteiger partial charge in [0.2, 0.25) is 0 Å². The molecule has 0 bridgehead atoms. The molecule has 1 saturated carbocycles. The van der Waals surface area contributed by atoms with Gasteiger partial charge in [-0.25, -0.2) is 0 Å². The van der Waals surface area contributed by atoms with Crippen molar-refractivity contribution in [1.82, 2.24) is 10.6 Å². The number of hydrogen-bond acceptors (Lipinski definition) is 3. The Morgan fingerprint density at radius 2 is 1.96 bits per heavy atom. The molecular formula is C18H29IN4O. The first kappa shape index (κ1) is 19.1. The molecule has 2 N–H and O–H groups in total. The number of aliphatic imine (C=N–C) groups is 1. The van der Waals surface area contributed by atoms with Gasteiger partial charge in [0, 0.05) is 45.0 Å². The van der Waals surface area contributed by atoms with Crippen LogP contribution in [-0.4, -0.2) is 46.3 Å². The second kappa shape index (κ2) is 9.34. The Labute approximate surface area is 162 Å². The number of methoxy groups -OCH3 is 1. The van der Waals surface area contributed by atoms with Crippen LogP contribution in [0.15, 0.2) is 29.3 Å². The molecule has 0 spiro atoms. The summed E-state index contributed by atoms with van der Waals surface area (Å²) >= 11 is 0. The molecule has 0 aromatic heterocycles. The number of rotatable bonds is 6. The van der Waals surface area contributed by atoms with Gasteiger partial charge < -0.3 is 20.3 Å². The van der Waals surface area contributed by atoms with E-state index in [2.05, 4.69) is 38.7 Å². The zero-order chi connectivity index (χ0) is 16.1. The Hall–Kier alpha value is -1.18. The fourth-order valence-electron chi connectivity index (χ4n) is 3.07. The molecule has 2 fully saturated rings. The standard InChI is InChI=1S/C18H28N4O.HI/c1-19-18(20-11-14-6-7-14)21-12-15-8-9-22(13-15)16-4-3-5-17(10-16)23-2;/h3-5,10,14-15H,6-9,11-13H2,1-2H3,(H2,19,20,21);1H. The maximum atomic E-state index is 5.32. The predicted octanol–water partition coefficient (Wildman–Crippen LogP) is 2.71. The van der Waals surface area contributed by atoms with Gasteiger partial charge in [-0.3, -0.25) is 4.99 Å². The third-order valence-corrected chi connectivity index (χ3v) is 4.74. The Morgan fingerprint density at radius 1 is 1.21 bits per heavy atom. The van der Waals surface area contributed by atoms with E-state index < -0.39 is 0 Å². The van der Waals surface area contributed by atoms with E-state index in [9.17, 15) is 0 Å². The molecule has 2 aliphatic rings. The molecule has 6 heteroatoms. The highest BCUT2D eigenvalue weighted by Crippen LogP contribution is 2.28. The minimum absolute atomic E-state index is 0. The average Bonchev–Trinajstić information content (AvgIpc) is 3.30. The van der Waals surface area contributed by atoms with E-state index >= 15 is 0 Å². The Morgan fingerprint density at radius 3 is 2.62 bits per heavy atom. The van der Waals surface area contributed by atoms with Crippen molar-refractivity contribution in [2.45, 2.75) is 19.3 Å². The number of anilines is 1. The third kappa shape index (κ3) is 5.43. The van der Waals surface area contributed by atoms with Crippen LogP contribution in [0.1, 0.15) is 19.3 Å². The molecule has 1 unspecified atom stereocenters. The summed E-state index contributed by atoms with van der Waals surface area (Å²) in [7, 11) is 3.56. The molecule has 1 aliphatic heterocycles. The molecule has 0 radical (unpaired) electrons. The van der Waals surface area contributed by atoms with Crippen LogP contribution in [0.5, 0.6) is 5.75 Å². The molecule has 1 saturated heterocycles. The summed E-state index contributed by atoms with van der Waals surface area (Å²) in [5.74, 6) is 3.38. The molecule has 1 aromatic rings. The molecule has 1 atom stereocenters. The SMILES string of the molecule is CN=C(NCC1CC1)NCC1CCN(c2cccc(OC)c2)C1.I. The van der Waals surface area contributed by atoms with Crippen LogP contribution in [0.25, 0.3) is 0 Å². The topological polar surface area (TPSA) is 48.9 Å². The maximum absolute atomic E-state index is 5.32. The van der Waals surface area contributed by atoms with Crippen molar-refractivity contribution in [3.8, 4) is 5.75 Å². The number of guanidine groups is 1. The summed E-state index contributed by atoms with van der Waals surface area (Å²) in [4.78, 5) is 6.75. The molecule has 5 nitrogen and oxygen atoms in total. The van der Waals surface area contributed by atoms with Gasteiger partial charge in [0.15, 0.2) is 5.96 Å². The Bertz CT molecular complexity index is 548. The highest BCUT2D eigenvalue weighted by molar-refractivity contribution is 14.0. The van der Waals surface area contributed by atoms with Gasteiger partial charge in [-0.15, -0.1) is 24.0 Å². The van der Waals surface area contributed by atoms with Gasteiger partial charge >= 0.3 is 0 Å². The van der Waals surface area contributed by atoms with Crippen LogP contribution in [0.4, 0.5) is 5.69 Å². The smallest absolute Gasteiger partial charge is 0.190 e. The molecule has 134 valence electrons. The zero-order valence-electron chi connectivity index (χ0n) is 14.6. The van der Waals surface area contributed by atoms with Crippen molar-refractivity contribution in [3.63, 3.8) is 0 Å². The number of halogens is 1. The third-order valence-electron chi connectivity index (χ3n) is 4.74. The summed E-state index contributed by atoms with van der Waals surface area (Å²) in [5.41, 5.74) is 1.25. The van der Waals surface area contributed by atoms with Crippen molar-refractivity contribution < 1.29 is 4.74 Å². The van der Waals surface area contributed by atoms with E-state index in [0.717, 1.165) is 43.8 Å². The maximum Gasteiger partial charge on any atom is 0.190 e. The Kier molecular flexibility index (Phi) is 7.45. The first-order valence-corrected chi connectivity index (χ1v) is 8.62. The highest BCUT2D eigenvalue weighted by atomic mass is 127. The number of nitrogens with zero attached hydrogens (tertiary/aromatic N) is 2. The van der Waals surface area contributed by atoms with Crippen LogP contribution in [0, 0.1) is 11.8 Å². The Balaban J connectivity index is 0.00000208. The first-order valence-electron chi connectivity index (χ1n) is 8.62. The molecular weight excluding hydrogens is 415 g/mol. The van der Waals surface area contributed by atoms with Gasteiger partial charge in [0.25, 0.3) is 0 Å². The van der Waals surface area contributed by atoms with E-state index in [1.165, 1.54) is 24.9 Å². The molecule has 0 amide bonds. The molecule has 3 rings (SSSR count). The first-order chi connectivity index (χ1) is 11.3. The van der Waals surface area contributed by atoms with Crippen LogP contribution < -0.4 is 20.3 Å². The van der Waals surface area contributed by atoms with Crippen molar-refractivity contribution in [3.05, 3.63) is 24.3 Å². The fraction of sp³-hybridized carbons (Fsp3) is 0.611.